The number of carbonyl (C=O) groups is 2. The van der Waals surface area contributed by atoms with Crippen LogP contribution in [0.5, 0.6) is 0 Å². The molecule has 0 spiro atoms. The van der Waals surface area contributed by atoms with Crippen LogP contribution in [0.2, 0.25) is 0 Å². The number of hydrogen-bond donors (Lipinski definition) is 3. The van der Waals surface area contributed by atoms with E-state index in [1.165, 1.54) is 12.1 Å². The third-order valence-corrected chi connectivity index (χ3v) is 4.57. The van der Waals surface area contributed by atoms with E-state index in [1.54, 1.807) is 0 Å². The van der Waals surface area contributed by atoms with Crippen molar-refractivity contribution in [1.82, 2.24) is 10.6 Å². The maximum absolute atomic E-state index is 11.8. The van der Waals surface area contributed by atoms with Gasteiger partial charge >= 0.3 is 0 Å². The smallest absolute Gasteiger partial charge is 0.283 e. The number of thioether (sulfide) groups is 1. The Morgan fingerprint density at radius 1 is 1.48 bits per heavy atom. The van der Waals surface area contributed by atoms with Crippen molar-refractivity contribution in [2.24, 2.45) is 5.73 Å². The first-order chi connectivity index (χ1) is 11.0. The molecule has 124 valence electrons. The molecular weight excluding hydrogens is 320 g/mol. The molecule has 1 atom stereocenters. The highest BCUT2D eigenvalue weighted by atomic mass is 32.2. The lowest BCUT2D eigenvalue weighted by Gasteiger charge is -2.11. The maximum Gasteiger partial charge on any atom is 0.283 e. The summed E-state index contributed by atoms with van der Waals surface area (Å²) in [4.78, 5) is 33.7. The Morgan fingerprint density at radius 2 is 2.26 bits per heavy atom. The summed E-state index contributed by atoms with van der Waals surface area (Å²) in [6.45, 7) is 1.52. The number of nitrogens with one attached hydrogen (secondary N) is 2. The van der Waals surface area contributed by atoms with Crippen molar-refractivity contribution in [3.05, 3.63) is 33.9 Å². The Labute approximate surface area is 137 Å². The van der Waals surface area contributed by atoms with Crippen LogP contribution in [0.15, 0.2) is 23.1 Å². The van der Waals surface area contributed by atoms with Gasteiger partial charge in [-0.3, -0.25) is 19.7 Å². The molecular formula is C14H18N4O4S. The second-order valence-electron chi connectivity index (χ2n) is 5.19. The van der Waals surface area contributed by atoms with E-state index >= 15 is 0 Å². The Kier molecular flexibility index (Phi) is 5.94. The number of hydrogen-bond acceptors (Lipinski definition) is 6. The van der Waals surface area contributed by atoms with Gasteiger partial charge in [-0.05, 0) is 31.5 Å². The number of carbonyl (C=O) groups excluding carboxylic acids is 2. The Balaban J connectivity index is 1.92. The minimum atomic E-state index is -0.730. The molecule has 8 nitrogen and oxygen atoms in total. The third-order valence-electron chi connectivity index (χ3n) is 3.51. The third kappa shape index (κ3) is 4.93. The molecule has 2 amide bonds. The van der Waals surface area contributed by atoms with Gasteiger partial charge in [0.15, 0.2) is 0 Å². The van der Waals surface area contributed by atoms with E-state index in [2.05, 4.69) is 10.6 Å². The van der Waals surface area contributed by atoms with Crippen molar-refractivity contribution in [2.45, 2.75) is 23.8 Å². The summed E-state index contributed by atoms with van der Waals surface area (Å²) in [6.07, 6.45) is 2.14. The first kappa shape index (κ1) is 17.2. The molecule has 1 aromatic rings. The topological polar surface area (TPSA) is 127 Å². The van der Waals surface area contributed by atoms with Crippen LogP contribution >= 0.6 is 11.8 Å². The number of nitro groups is 1. The van der Waals surface area contributed by atoms with Gasteiger partial charge in [0.1, 0.15) is 0 Å². The summed E-state index contributed by atoms with van der Waals surface area (Å²) >= 11 is 1.06. The van der Waals surface area contributed by atoms with E-state index < -0.39 is 10.8 Å². The van der Waals surface area contributed by atoms with Crippen LogP contribution in [0.4, 0.5) is 5.69 Å². The van der Waals surface area contributed by atoms with E-state index in [-0.39, 0.29) is 22.9 Å². The van der Waals surface area contributed by atoms with Gasteiger partial charge in [0, 0.05) is 24.2 Å². The molecule has 0 radical (unpaired) electrons. The summed E-state index contributed by atoms with van der Waals surface area (Å²) in [6, 6.07) is 4.28. The molecule has 0 aromatic heterocycles. The minimum Gasteiger partial charge on any atom is -0.366 e. The fourth-order valence-electron chi connectivity index (χ4n) is 2.30. The fourth-order valence-corrected chi connectivity index (χ4v) is 3.13. The van der Waals surface area contributed by atoms with Gasteiger partial charge in [-0.2, -0.15) is 0 Å². The average Bonchev–Trinajstić information content (AvgIpc) is 3.03. The zero-order valence-corrected chi connectivity index (χ0v) is 13.2. The average molecular weight is 338 g/mol. The second kappa shape index (κ2) is 7.93. The highest BCUT2D eigenvalue weighted by Crippen LogP contribution is 2.29. The zero-order valence-electron chi connectivity index (χ0n) is 12.4. The molecule has 1 saturated heterocycles. The molecule has 4 N–H and O–H groups in total. The van der Waals surface area contributed by atoms with Gasteiger partial charge in [-0.15, -0.1) is 11.8 Å². The molecule has 0 saturated carbocycles. The molecule has 2 rings (SSSR count). The lowest BCUT2D eigenvalue weighted by atomic mass is 10.2. The standard InChI is InChI=1S/C14H18N4O4S/c15-14(20)9-3-4-12(11(6-9)18(21)22)23-8-13(19)17-7-10-2-1-5-16-10/h3-4,6,10,16H,1-2,5,7-8H2,(H2,15,20)(H,17,19). The van der Waals surface area contributed by atoms with Gasteiger partial charge in [-0.25, -0.2) is 0 Å². The number of benzene rings is 1. The summed E-state index contributed by atoms with van der Waals surface area (Å²) in [5, 5.41) is 17.2. The lowest BCUT2D eigenvalue weighted by molar-refractivity contribution is -0.387. The van der Waals surface area contributed by atoms with Crippen LogP contribution in [0, 0.1) is 10.1 Å². The van der Waals surface area contributed by atoms with Crippen molar-refractivity contribution >= 4 is 29.3 Å². The number of rotatable bonds is 7. The van der Waals surface area contributed by atoms with Crippen LogP contribution in [0.3, 0.4) is 0 Å². The number of nitro benzene ring substituents is 1. The molecule has 0 bridgehead atoms. The fraction of sp³-hybridized carbons (Fsp3) is 0.429. The number of primary amides is 1. The second-order valence-corrected chi connectivity index (χ2v) is 6.21. The lowest BCUT2D eigenvalue weighted by Crippen LogP contribution is -2.37. The first-order valence-corrected chi connectivity index (χ1v) is 8.17. The number of nitrogens with zero attached hydrogens (tertiary/aromatic N) is 1. The van der Waals surface area contributed by atoms with E-state index in [0.717, 1.165) is 37.2 Å². The van der Waals surface area contributed by atoms with E-state index in [1.807, 2.05) is 0 Å². The van der Waals surface area contributed by atoms with Gasteiger partial charge in [0.25, 0.3) is 5.69 Å². The van der Waals surface area contributed by atoms with Crippen LogP contribution in [0.25, 0.3) is 0 Å². The molecule has 1 fully saturated rings. The van der Waals surface area contributed by atoms with Gasteiger partial charge in [-0.1, -0.05) is 0 Å². The van der Waals surface area contributed by atoms with Gasteiger partial charge < -0.3 is 16.4 Å². The van der Waals surface area contributed by atoms with Crippen molar-refractivity contribution < 1.29 is 14.5 Å². The summed E-state index contributed by atoms with van der Waals surface area (Å²) in [7, 11) is 0. The summed E-state index contributed by atoms with van der Waals surface area (Å²) < 4.78 is 0. The summed E-state index contributed by atoms with van der Waals surface area (Å²) in [5.74, 6) is -0.841. The molecule has 1 unspecified atom stereocenters. The normalized spacial score (nSPS) is 17.0. The molecule has 9 heteroatoms. The quantitative estimate of drug-likeness (QED) is 0.380. The van der Waals surface area contributed by atoms with Crippen molar-refractivity contribution in [2.75, 3.05) is 18.8 Å². The monoisotopic (exact) mass is 338 g/mol. The van der Waals surface area contributed by atoms with E-state index in [0.29, 0.717) is 17.5 Å². The largest absolute Gasteiger partial charge is 0.366 e. The number of amides is 2. The van der Waals surface area contributed by atoms with Crippen molar-refractivity contribution in [3.63, 3.8) is 0 Å². The Morgan fingerprint density at radius 3 is 2.87 bits per heavy atom. The molecule has 1 aliphatic rings. The molecule has 1 aromatic carbocycles. The SMILES string of the molecule is NC(=O)c1ccc(SCC(=O)NCC2CCCN2)c([N+](=O)[O-])c1. The highest BCUT2D eigenvalue weighted by Gasteiger charge is 2.19. The molecule has 23 heavy (non-hydrogen) atoms. The predicted octanol–water partition coefficient (Wildman–Crippen LogP) is 0.654. The van der Waals surface area contributed by atoms with Gasteiger partial charge in [0.05, 0.1) is 15.6 Å². The minimum absolute atomic E-state index is 0.0674. The van der Waals surface area contributed by atoms with Crippen LogP contribution in [-0.2, 0) is 4.79 Å². The van der Waals surface area contributed by atoms with Gasteiger partial charge in [0.2, 0.25) is 11.8 Å². The highest BCUT2D eigenvalue weighted by molar-refractivity contribution is 8.00. The molecule has 1 aliphatic heterocycles. The Bertz CT molecular complexity index is 617. The van der Waals surface area contributed by atoms with Crippen LogP contribution in [0.1, 0.15) is 23.2 Å². The van der Waals surface area contributed by atoms with Crippen molar-refractivity contribution in [1.29, 1.82) is 0 Å². The van der Waals surface area contributed by atoms with E-state index in [9.17, 15) is 19.7 Å². The van der Waals surface area contributed by atoms with E-state index in [4.69, 9.17) is 5.73 Å². The first-order valence-electron chi connectivity index (χ1n) is 7.18. The predicted molar refractivity (Wildman–Crippen MR) is 86.4 cm³/mol. The Hall–Kier alpha value is -2.13. The number of nitrogens with two attached hydrogens (primary N) is 1. The zero-order chi connectivity index (χ0) is 16.8. The molecule has 1 heterocycles. The maximum atomic E-state index is 11.8. The summed E-state index contributed by atoms with van der Waals surface area (Å²) in [5.41, 5.74) is 4.96. The van der Waals surface area contributed by atoms with Crippen LogP contribution in [-0.4, -0.2) is 41.6 Å². The molecule has 0 aliphatic carbocycles. The van der Waals surface area contributed by atoms with Crippen molar-refractivity contribution in [3.8, 4) is 0 Å². The van der Waals surface area contributed by atoms with Crippen LogP contribution < -0.4 is 16.4 Å².